The second kappa shape index (κ2) is 4.61. The smallest absolute Gasteiger partial charge is 0.267 e. The number of rotatable bonds is 3. The van der Waals surface area contributed by atoms with E-state index in [9.17, 15) is 8.78 Å². The molecule has 3 nitrogen and oxygen atoms in total. The molecule has 0 unspecified atom stereocenters. The summed E-state index contributed by atoms with van der Waals surface area (Å²) in [5.74, 6) is 0.369. The maximum Gasteiger partial charge on any atom is 0.267 e. The lowest BCUT2D eigenvalue weighted by Crippen LogP contribution is -1.92. The molecule has 2 aromatic rings. The number of aromatic nitrogens is 2. The standard InChI is InChI=1S/C10H7BrF2N2O/c11-15-6-5-9(14-15)16-8-4-2-1-3-7(8)10(12)13/h1-6,10H. The minimum absolute atomic E-state index is 0.115. The van der Waals surface area contributed by atoms with E-state index in [-0.39, 0.29) is 17.2 Å². The lowest BCUT2D eigenvalue weighted by molar-refractivity contribution is 0.148. The molecule has 84 valence electrons. The third-order valence-corrected chi connectivity index (χ3v) is 2.30. The van der Waals surface area contributed by atoms with Gasteiger partial charge in [0, 0.05) is 12.3 Å². The molecule has 0 N–H and O–H groups in total. The van der Waals surface area contributed by atoms with Crippen LogP contribution in [0.3, 0.4) is 0 Å². The fourth-order valence-corrected chi connectivity index (χ4v) is 1.48. The van der Waals surface area contributed by atoms with Crippen LogP contribution in [-0.2, 0) is 0 Å². The Hall–Kier alpha value is -1.43. The van der Waals surface area contributed by atoms with Crippen LogP contribution in [0.4, 0.5) is 8.78 Å². The second-order valence-electron chi connectivity index (χ2n) is 2.98. The highest BCUT2D eigenvalue weighted by atomic mass is 79.9. The van der Waals surface area contributed by atoms with Crippen molar-refractivity contribution in [1.82, 2.24) is 8.81 Å². The molecule has 0 saturated carbocycles. The Morgan fingerprint density at radius 3 is 2.62 bits per heavy atom. The molecule has 6 heteroatoms. The van der Waals surface area contributed by atoms with Crippen molar-refractivity contribution in [3.05, 3.63) is 42.1 Å². The van der Waals surface area contributed by atoms with Gasteiger partial charge in [0.1, 0.15) is 5.75 Å². The van der Waals surface area contributed by atoms with Crippen LogP contribution in [0.5, 0.6) is 11.6 Å². The van der Waals surface area contributed by atoms with Gasteiger partial charge in [0.2, 0.25) is 5.88 Å². The average molecular weight is 289 g/mol. The first-order valence-electron chi connectivity index (χ1n) is 4.43. The first-order chi connectivity index (χ1) is 7.66. The van der Waals surface area contributed by atoms with E-state index in [0.717, 1.165) is 0 Å². The van der Waals surface area contributed by atoms with E-state index in [1.54, 1.807) is 18.3 Å². The molecule has 0 amide bonds. The highest BCUT2D eigenvalue weighted by molar-refractivity contribution is 9.08. The molecule has 0 fully saturated rings. The zero-order valence-corrected chi connectivity index (χ0v) is 9.56. The van der Waals surface area contributed by atoms with E-state index in [1.165, 1.54) is 21.9 Å². The molecule has 1 aromatic heterocycles. The molecule has 0 spiro atoms. The zero-order chi connectivity index (χ0) is 11.5. The van der Waals surface area contributed by atoms with Gasteiger partial charge in [0.15, 0.2) is 0 Å². The summed E-state index contributed by atoms with van der Waals surface area (Å²) in [6.07, 6.45) is -0.970. The summed E-state index contributed by atoms with van der Waals surface area (Å²) in [6, 6.07) is 7.54. The SMILES string of the molecule is FC(F)c1ccccc1Oc1ccn(Br)n1. The molecule has 0 aliphatic heterocycles. The Morgan fingerprint density at radius 2 is 2.00 bits per heavy atom. The van der Waals surface area contributed by atoms with Crippen LogP contribution < -0.4 is 4.74 Å². The summed E-state index contributed by atoms with van der Waals surface area (Å²) in [7, 11) is 0. The number of alkyl halides is 2. The van der Waals surface area contributed by atoms with Crippen LogP contribution in [-0.4, -0.2) is 8.81 Å². The van der Waals surface area contributed by atoms with Crippen molar-refractivity contribution in [3.63, 3.8) is 0 Å². The van der Waals surface area contributed by atoms with E-state index >= 15 is 0 Å². The molecule has 1 aromatic carbocycles. The van der Waals surface area contributed by atoms with Crippen LogP contribution in [0.25, 0.3) is 0 Å². The van der Waals surface area contributed by atoms with Crippen molar-refractivity contribution in [3.8, 4) is 11.6 Å². The van der Waals surface area contributed by atoms with Crippen LogP contribution in [0.15, 0.2) is 36.5 Å². The topological polar surface area (TPSA) is 27.1 Å². The molecule has 0 aliphatic carbocycles. The number of ether oxygens (including phenoxy) is 1. The minimum atomic E-state index is -2.57. The largest absolute Gasteiger partial charge is 0.437 e. The molecule has 0 atom stereocenters. The molecule has 0 radical (unpaired) electrons. The molecule has 1 heterocycles. The summed E-state index contributed by atoms with van der Waals surface area (Å²) in [5.41, 5.74) is -0.147. The molecule has 0 saturated heterocycles. The average Bonchev–Trinajstić information content (AvgIpc) is 2.64. The fourth-order valence-electron chi connectivity index (χ4n) is 1.21. The predicted octanol–water partition coefficient (Wildman–Crippen LogP) is 3.77. The molecule has 16 heavy (non-hydrogen) atoms. The Balaban J connectivity index is 2.27. The van der Waals surface area contributed by atoms with E-state index in [0.29, 0.717) is 0 Å². The first kappa shape index (κ1) is 11.1. The quantitative estimate of drug-likeness (QED) is 0.860. The second-order valence-corrected chi connectivity index (χ2v) is 3.71. The fraction of sp³-hybridized carbons (Fsp3) is 0.100. The maximum absolute atomic E-state index is 12.6. The van der Waals surface area contributed by atoms with E-state index in [1.807, 2.05) is 0 Å². The Labute approximate surface area is 99.0 Å². The van der Waals surface area contributed by atoms with Crippen LogP contribution in [0, 0.1) is 0 Å². The van der Waals surface area contributed by atoms with Gasteiger partial charge in [0.05, 0.1) is 21.7 Å². The summed E-state index contributed by atoms with van der Waals surface area (Å²) in [6.45, 7) is 0. The van der Waals surface area contributed by atoms with Gasteiger partial charge in [-0.3, -0.25) is 0 Å². The lowest BCUT2D eigenvalue weighted by atomic mass is 10.2. The summed E-state index contributed by atoms with van der Waals surface area (Å²) in [4.78, 5) is 0. The third kappa shape index (κ3) is 2.38. The highest BCUT2D eigenvalue weighted by Crippen LogP contribution is 2.31. The zero-order valence-electron chi connectivity index (χ0n) is 7.98. The van der Waals surface area contributed by atoms with Crippen LogP contribution >= 0.6 is 16.1 Å². The molecule has 2 rings (SSSR count). The van der Waals surface area contributed by atoms with E-state index < -0.39 is 6.43 Å². The molecule has 0 bridgehead atoms. The van der Waals surface area contributed by atoms with Gasteiger partial charge in [-0.1, -0.05) is 12.1 Å². The van der Waals surface area contributed by atoms with Crippen LogP contribution in [0.2, 0.25) is 0 Å². The van der Waals surface area contributed by atoms with Gasteiger partial charge in [-0.05, 0) is 12.1 Å². The van der Waals surface area contributed by atoms with Crippen LogP contribution in [0.1, 0.15) is 12.0 Å². The first-order valence-corrected chi connectivity index (χ1v) is 5.14. The number of hydrogen-bond donors (Lipinski definition) is 0. The van der Waals surface area contributed by atoms with Crippen molar-refractivity contribution in [2.75, 3.05) is 0 Å². The lowest BCUT2D eigenvalue weighted by Gasteiger charge is -2.07. The van der Waals surface area contributed by atoms with Gasteiger partial charge in [-0.2, -0.15) is 0 Å². The van der Waals surface area contributed by atoms with E-state index in [4.69, 9.17) is 4.74 Å². The van der Waals surface area contributed by atoms with Gasteiger partial charge in [-0.15, -0.1) is 5.10 Å². The summed E-state index contributed by atoms with van der Waals surface area (Å²) in [5, 5.41) is 3.87. The van der Waals surface area contributed by atoms with E-state index in [2.05, 4.69) is 21.2 Å². The normalized spacial score (nSPS) is 10.8. The molecular formula is C10H7BrF2N2O. The van der Waals surface area contributed by atoms with Crippen molar-refractivity contribution in [2.45, 2.75) is 6.43 Å². The highest BCUT2D eigenvalue weighted by Gasteiger charge is 2.14. The predicted molar refractivity (Wildman–Crippen MR) is 58.0 cm³/mol. The molecular weight excluding hydrogens is 282 g/mol. The van der Waals surface area contributed by atoms with Gasteiger partial charge in [0.25, 0.3) is 6.43 Å². The van der Waals surface area contributed by atoms with Gasteiger partial charge in [-0.25, -0.2) is 12.5 Å². The monoisotopic (exact) mass is 288 g/mol. The Bertz CT molecular complexity index is 487. The van der Waals surface area contributed by atoms with Crippen molar-refractivity contribution in [2.24, 2.45) is 0 Å². The summed E-state index contributed by atoms with van der Waals surface area (Å²) >= 11 is 3.07. The Morgan fingerprint density at radius 1 is 1.25 bits per heavy atom. The van der Waals surface area contributed by atoms with Gasteiger partial charge >= 0.3 is 0 Å². The van der Waals surface area contributed by atoms with Crippen molar-refractivity contribution >= 4 is 16.1 Å². The number of para-hydroxylation sites is 1. The number of halogens is 3. The Kier molecular flexibility index (Phi) is 3.19. The number of nitrogens with zero attached hydrogens (tertiary/aromatic N) is 2. The maximum atomic E-state index is 12.6. The number of hydrogen-bond acceptors (Lipinski definition) is 2. The van der Waals surface area contributed by atoms with Crippen molar-refractivity contribution in [1.29, 1.82) is 0 Å². The molecule has 0 aliphatic rings. The third-order valence-electron chi connectivity index (χ3n) is 1.90. The minimum Gasteiger partial charge on any atom is -0.437 e. The van der Waals surface area contributed by atoms with Crippen molar-refractivity contribution < 1.29 is 13.5 Å². The van der Waals surface area contributed by atoms with Gasteiger partial charge < -0.3 is 4.74 Å². The number of benzene rings is 1. The summed E-state index contributed by atoms with van der Waals surface area (Å²) < 4.78 is 31.8.